The van der Waals surface area contributed by atoms with Crippen LogP contribution in [0.15, 0.2) is 11.6 Å². The van der Waals surface area contributed by atoms with Crippen molar-refractivity contribution >= 4 is 12.6 Å². The zero-order chi connectivity index (χ0) is 12.6. The van der Waals surface area contributed by atoms with Gasteiger partial charge in [0.05, 0.1) is 0 Å². The number of carbonyl (C=O) groups excluding carboxylic acids is 2. The van der Waals surface area contributed by atoms with E-state index in [-0.39, 0.29) is 5.92 Å². The minimum absolute atomic E-state index is 0.140. The molecule has 0 N–H and O–H groups in total. The number of allylic oxidation sites excluding steroid dienone is 2. The Balaban J connectivity index is 0.000000487. The highest BCUT2D eigenvalue weighted by molar-refractivity contribution is 5.58. The number of aldehydes is 2. The van der Waals surface area contributed by atoms with Crippen LogP contribution in [0, 0.1) is 11.3 Å². The third-order valence-electron chi connectivity index (χ3n) is 2.96. The predicted molar refractivity (Wildman–Crippen MR) is 67.3 cm³/mol. The normalized spacial score (nSPS) is 19.9. The topological polar surface area (TPSA) is 34.1 Å². The molecule has 0 aromatic carbocycles. The SMILES string of the molecule is CC(C=O)C1=CCC(C)(C)CC1.CCC=O. The van der Waals surface area contributed by atoms with Crippen LogP contribution < -0.4 is 0 Å². The van der Waals surface area contributed by atoms with E-state index in [1.165, 1.54) is 12.0 Å². The van der Waals surface area contributed by atoms with Crippen LogP contribution in [0.1, 0.15) is 53.4 Å². The zero-order valence-corrected chi connectivity index (χ0v) is 11.0. The lowest BCUT2D eigenvalue weighted by atomic mass is 9.76. The monoisotopic (exact) mass is 224 g/mol. The molecule has 1 aliphatic rings. The molecule has 1 aliphatic carbocycles. The average molecular weight is 224 g/mol. The molecule has 0 aromatic rings. The van der Waals surface area contributed by atoms with Gasteiger partial charge in [0, 0.05) is 12.3 Å². The Labute approximate surface area is 99.1 Å². The van der Waals surface area contributed by atoms with E-state index in [0.29, 0.717) is 11.8 Å². The van der Waals surface area contributed by atoms with E-state index in [9.17, 15) is 9.59 Å². The first kappa shape index (κ1) is 15.1. The van der Waals surface area contributed by atoms with Crippen LogP contribution in [0.5, 0.6) is 0 Å². The van der Waals surface area contributed by atoms with Gasteiger partial charge in [-0.15, -0.1) is 0 Å². The lowest BCUT2D eigenvalue weighted by molar-refractivity contribution is -0.110. The van der Waals surface area contributed by atoms with Crippen molar-refractivity contribution in [2.24, 2.45) is 11.3 Å². The first-order valence-electron chi connectivity index (χ1n) is 6.04. The summed E-state index contributed by atoms with van der Waals surface area (Å²) >= 11 is 0. The van der Waals surface area contributed by atoms with Gasteiger partial charge in [-0.1, -0.05) is 39.3 Å². The van der Waals surface area contributed by atoms with Gasteiger partial charge in [0.15, 0.2) is 0 Å². The first-order valence-corrected chi connectivity index (χ1v) is 6.04. The molecule has 16 heavy (non-hydrogen) atoms. The van der Waals surface area contributed by atoms with E-state index in [0.717, 1.165) is 25.4 Å². The van der Waals surface area contributed by atoms with Crippen LogP contribution in [0.3, 0.4) is 0 Å². The van der Waals surface area contributed by atoms with Crippen LogP contribution in [0.4, 0.5) is 0 Å². The molecule has 2 heteroatoms. The minimum atomic E-state index is 0.140. The fraction of sp³-hybridized carbons (Fsp3) is 0.714. The standard InChI is InChI=1S/C11H18O.C3H6O/c1-9(8-12)10-4-6-11(2,3)7-5-10;1-2-3-4/h4,8-9H,5-7H2,1-3H3;3H,2H2,1H3. The zero-order valence-electron chi connectivity index (χ0n) is 11.0. The van der Waals surface area contributed by atoms with Crippen molar-refractivity contribution in [3.8, 4) is 0 Å². The number of carbonyl (C=O) groups is 2. The summed E-state index contributed by atoms with van der Waals surface area (Å²) in [5, 5.41) is 0. The molecule has 0 amide bonds. The molecule has 0 bridgehead atoms. The van der Waals surface area contributed by atoms with Crippen LogP contribution in [0.25, 0.3) is 0 Å². The first-order chi connectivity index (χ1) is 7.46. The molecule has 92 valence electrons. The maximum Gasteiger partial charge on any atom is 0.126 e. The second-order valence-corrected chi connectivity index (χ2v) is 5.15. The van der Waals surface area contributed by atoms with Crippen molar-refractivity contribution in [3.05, 3.63) is 11.6 Å². The van der Waals surface area contributed by atoms with E-state index < -0.39 is 0 Å². The Morgan fingerprint density at radius 3 is 2.31 bits per heavy atom. The Kier molecular flexibility index (Phi) is 6.95. The van der Waals surface area contributed by atoms with E-state index >= 15 is 0 Å². The number of hydrogen-bond donors (Lipinski definition) is 0. The van der Waals surface area contributed by atoms with Crippen molar-refractivity contribution in [1.29, 1.82) is 0 Å². The Morgan fingerprint density at radius 2 is 2.00 bits per heavy atom. The van der Waals surface area contributed by atoms with Gasteiger partial charge in [0.2, 0.25) is 0 Å². The van der Waals surface area contributed by atoms with E-state index in [2.05, 4.69) is 19.9 Å². The van der Waals surface area contributed by atoms with E-state index in [1.54, 1.807) is 0 Å². The van der Waals surface area contributed by atoms with Crippen LogP contribution >= 0.6 is 0 Å². The minimum Gasteiger partial charge on any atom is -0.303 e. The fourth-order valence-electron chi connectivity index (χ4n) is 1.60. The largest absolute Gasteiger partial charge is 0.303 e. The molecule has 2 nitrogen and oxygen atoms in total. The van der Waals surface area contributed by atoms with E-state index in [1.807, 2.05) is 13.8 Å². The van der Waals surface area contributed by atoms with Gasteiger partial charge in [-0.25, -0.2) is 0 Å². The van der Waals surface area contributed by atoms with Gasteiger partial charge in [-0.2, -0.15) is 0 Å². The molecule has 1 rings (SSSR count). The summed E-state index contributed by atoms with van der Waals surface area (Å²) in [7, 11) is 0. The maximum absolute atomic E-state index is 10.5. The van der Waals surface area contributed by atoms with Crippen LogP contribution in [-0.2, 0) is 9.59 Å². The smallest absolute Gasteiger partial charge is 0.126 e. The highest BCUT2D eigenvalue weighted by Crippen LogP contribution is 2.35. The molecule has 0 saturated carbocycles. The highest BCUT2D eigenvalue weighted by atomic mass is 16.1. The van der Waals surface area contributed by atoms with Crippen molar-refractivity contribution in [1.82, 2.24) is 0 Å². The molecule has 0 radical (unpaired) electrons. The molecule has 0 aliphatic heterocycles. The van der Waals surface area contributed by atoms with Crippen LogP contribution in [-0.4, -0.2) is 12.6 Å². The average Bonchev–Trinajstić information content (AvgIpc) is 2.28. The Hall–Kier alpha value is -0.920. The molecular weight excluding hydrogens is 200 g/mol. The molecule has 1 unspecified atom stereocenters. The van der Waals surface area contributed by atoms with Gasteiger partial charge in [0.1, 0.15) is 12.6 Å². The summed E-state index contributed by atoms with van der Waals surface area (Å²) in [6.45, 7) is 8.36. The highest BCUT2D eigenvalue weighted by Gasteiger charge is 2.22. The van der Waals surface area contributed by atoms with Gasteiger partial charge >= 0.3 is 0 Å². The van der Waals surface area contributed by atoms with Gasteiger partial charge in [-0.05, 0) is 24.7 Å². The molecule has 0 fully saturated rings. The predicted octanol–water partition coefficient (Wildman–Crippen LogP) is 3.55. The van der Waals surface area contributed by atoms with Gasteiger partial charge in [0.25, 0.3) is 0 Å². The quantitative estimate of drug-likeness (QED) is 0.542. The summed E-state index contributed by atoms with van der Waals surface area (Å²) in [5.41, 5.74) is 1.79. The summed E-state index contributed by atoms with van der Waals surface area (Å²) in [5.74, 6) is 0.140. The molecule has 1 atom stereocenters. The van der Waals surface area contributed by atoms with Crippen molar-refractivity contribution in [2.75, 3.05) is 0 Å². The summed E-state index contributed by atoms with van der Waals surface area (Å²) in [6, 6.07) is 0. The Bertz CT molecular complexity index is 251. The second-order valence-electron chi connectivity index (χ2n) is 5.15. The lowest BCUT2D eigenvalue weighted by Gasteiger charge is -2.29. The maximum atomic E-state index is 10.5. The molecular formula is C14H24O2. The van der Waals surface area contributed by atoms with Gasteiger partial charge in [-0.3, -0.25) is 0 Å². The van der Waals surface area contributed by atoms with Crippen molar-refractivity contribution in [3.63, 3.8) is 0 Å². The summed E-state index contributed by atoms with van der Waals surface area (Å²) in [6.07, 6.45) is 8.26. The van der Waals surface area contributed by atoms with Gasteiger partial charge < -0.3 is 9.59 Å². The van der Waals surface area contributed by atoms with Crippen LogP contribution in [0.2, 0.25) is 0 Å². The molecule has 0 saturated heterocycles. The van der Waals surface area contributed by atoms with Crippen molar-refractivity contribution in [2.45, 2.75) is 53.4 Å². The van der Waals surface area contributed by atoms with Crippen molar-refractivity contribution < 1.29 is 9.59 Å². The molecule has 0 aromatic heterocycles. The lowest BCUT2D eigenvalue weighted by Crippen LogP contribution is -2.17. The molecule has 0 heterocycles. The summed E-state index contributed by atoms with van der Waals surface area (Å²) in [4.78, 5) is 19.7. The molecule has 0 spiro atoms. The van der Waals surface area contributed by atoms with E-state index in [4.69, 9.17) is 0 Å². The number of rotatable bonds is 3. The second kappa shape index (κ2) is 7.37. The fourth-order valence-corrected chi connectivity index (χ4v) is 1.60. The third kappa shape index (κ3) is 5.84. The number of hydrogen-bond acceptors (Lipinski definition) is 2. The summed E-state index contributed by atoms with van der Waals surface area (Å²) < 4.78 is 0. The Morgan fingerprint density at radius 1 is 1.44 bits per heavy atom. The third-order valence-corrected chi connectivity index (χ3v) is 2.96.